The van der Waals surface area contributed by atoms with E-state index in [4.69, 9.17) is 4.74 Å². The van der Waals surface area contributed by atoms with Gasteiger partial charge in [-0.3, -0.25) is 9.10 Å². The van der Waals surface area contributed by atoms with Crippen LogP contribution in [0, 0.1) is 6.92 Å². The van der Waals surface area contributed by atoms with Gasteiger partial charge in [0.15, 0.2) is 0 Å². The van der Waals surface area contributed by atoms with Gasteiger partial charge in [0.25, 0.3) is 10.0 Å². The number of benzene rings is 3. The first-order valence-electron chi connectivity index (χ1n) is 10.6. The Hall–Kier alpha value is -2.97. The van der Waals surface area contributed by atoms with Crippen LogP contribution in [0.5, 0.6) is 5.75 Å². The summed E-state index contributed by atoms with van der Waals surface area (Å²) in [6.07, 6.45) is 0.773. The van der Waals surface area contributed by atoms with Crippen molar-refractivity contribution in [1.29, 1.82) is 0 Å². The molecule has 0 aromatic heterocycles. The molecule has 0 aliphatic heterocycles. The summed E-state index contributed by atoms with van der Waals surface area (Å²) in [4.78, 5) is 14.0. The molecule has 0 radical (unpaired) electrons. The second-order valence-electron chi connectivity index (χ2n) is 7.39. The van der Waals surface area contributed by atoms with Crippen molar-refractivity contribution in [2.45, 2.75) is 23.1 Å². The van der Waals surface area contributed by atoms with E-state index in [9.17, 15) is 13.2 Å². The minimum Gasteiger partial charge on any atom is -0.497 e. The fourth-order valence-electron chi connectivity index (χ4n) is 3.11. The predicted molar refractivity (Wildman–Crippen MR) is 133 cm³/mol. The summed E-state index contributed by atoms with van der Waals surface area (Å²) in [5.74, 6) is 0.998. The number of ether oxygens (including phenoxy) is 1. The zero-order valence-electron chi connectivity index (χ0n) is 18.7. The van der Waals surface area contributed by atoms with Gasteiger partial charge in [0.1, 0.15) is 12.3 Å². The molecule has 3 rings (SSSR count). The number of amides is 1. The largest absolute Gasteiger partial charge is 0.497 e. The summed E-state index contributed by atoms with van der Waals surface area (Å²) in [5.41, 5.74) is 1.58. The summed E-state index contributed by atoms with van der Waals surface area (Å²) >= 11 is 1.73. The number of methoxy groups -OCH3 is 1. The van der Waals surface area contributed by atoms with E-state index < -0.39 is 10.0 Å². The number of hydrogen-bond donors (Lipinski definition) is 1. The fourth-order valence-corrected chi connectivity index (χ4v) is 5.40. The Bertz CT molecular complexity index is 1150. The van der Waals surface area contributed by atoms with E-state index in [-0.39, 0.29) is 17.3 Å². The van der Waals surface area contributed by atoms with Crippen LogP contribution < -0.4 is 14.4 Å². The number of nitrogens with one attached hydrogen (secondary N) is 1. The van der Waals surface area contributed by atoms with Crippen LogP contribution >= 0.6 is 11.8 Å². The minimum atomic E-state index is -3.94. The highest BCUT2D eigenvalue weighted by Gasteiger charge is 2.27. The molecular formula is C25H28N2O4S2. The Morgan fingerprint density at radius 1 is 1.00 bits per heavy atom. The van der Waals surface area contributed by atoms with Crippen molar-refractivity contribution in [3.8, 4) is 5.75 Å². The molecule has 0 saturated carbocycles. The van der Waals surface area contributed by atoms with E-state index >= 15 is 0 Å². The monoisotopic (exact) mass is 484 g/mol. The highest BCUT2D eigenvalue weighted by molar-refractivity contribution is 7.99. The van der Waals surface area contributed by atoms with Crippen molar-refractivity contribution in [3.63, 3.8) is 0 Å². The molecule has 3 aromatic carbocycles. The van der Waals surface area contributed by atoms with Gasteiger partial charge in [-0.1, -0.05) is 42.0 Å². The van der Waals surface area contributed by atoms with Crippen molar-refractivity contribution in [1.82, 2.24) is 5.32 Å². The van der Waals surface area contributed by atoms with E-state index in [0.29, 0.717) is 18.0 Å². The van der Waals surface area contributed by atoms with Crippen molar-refractivity contribution >= 4 is 33.4 Å². The molecule has 1 N–H and O–H groups in total. The molecule has 174 valence electrons. The molecule has 33 heavy (non-hydrogen) atoms. The third-order valence-corrected chi connectivity index (χ3v) is 7.78. The molecule has 8 heteroatoms. The fraction of sp³-hybridized carbons (Fsp3) is 0.240. The third kappa shape index (κ3) is 7.00. The highest BCUT2D eigenvalue weighted by atomic mass is 32.2. The number of rotatable bonds is 11. The number of carbonyl (C=O) groups is 1. The van der Waals surface area contributed by atoms with E-state index in [2.05, 4.69) is 36.5 Å². The Kier molecular flexibility index (Phi) is 8.79. The maximum absolute atomic E-state index is 13.3. The Morgan fingerprint density at radius 3 is 2.42 bits per heavy atom. The standard InChI is InChI=1S/C25H28N2O4S2/c1-20-12-14-23(15-13-20)32-17-7-16-26-25(28)19-27(21-8-6-9-22(18-21)31-2)33(29,30)24-10-4-3-5-11-24/h3-6,8-15,18H,7,16-17,19H2,1-2H3,(H,26,28). The smallest absolute Gasteiger partial charge is 0.264 e. The van der Waals surface area contributed by atoms with Gasteiger partial charge >= 0.3 is 0 Å². The van der Waals surface area contributed by atoms with Crippen LogP contribution in [0.3, 0.4) is 0 Å². The molecule has 1 amide bonds. The van der Waals surface area contributed by atoms with Crippen molar-refractivity contribution < 1.29 is 17.9 Å². The number of aryl methyl sites for hydroxylation is 1. The molecule has 6 nitrogen and oxygen atoms in total. The lowest BCUT2D eigenvalue weighted by atomic mass is 10.2. The molecular weight excluding hydrogens is 456 g/mol. The number of sulfonamides is 1. The van der Waals surface area contributed by atoms with Gasteiger partial charge in [-0.25, -0.2) is 8.42 Å². The highest BCUT2D eigenvalue weighted by Crippen LogP contribution is 2.26. The van der Waals surface area contributed by atoms with Crippen LogP contribution in [0.4, 0.5) is 5.69 Å². The van der Waals surface area contributed by atoms with Crippen molar-refractivity contribution in [2.24, 2.45) is 0 Å². The average Bonchev–Trinajstić information content (AvgIpc) is 2.84. The maximum atomic E-state index is 13.3. The molecule has 0 saturated heterocycles. The molecule has 0 aliphatic carbocycles. The van der Waals surface area contributed by atoms with E-state index in [1.54, 1.807) is 54.2 Å². The second-order valence-corrected chi connectivity index (χ2v) is 10.4. The predicted octanol–water partition coefficient (Wildman–Crippen LogP) is 4.50. The average molecular weight is 485 g/mol. The second kappa shape index (κ2) is 11.8. The van der Waals surface area contributed by atoms with Gasteiger partial charge in [-0.05, 0) is 55.5 Å². The minimum absolute atomic E-state index is 0.120. The van der Waals surface area contributed by atoms with Crippen molar-refractivity contribution in [2.75, 3.05) is 30.3 Å². The Labute approximate surface area is 200 Å². The number of hydrogen-bond acceptors (Lipinski definition) is 5. The normalized spacial score (nSPS) is 11.1. The van der Waals surface area contributed by atoms with Crippen LogP contribution in [0.1, 0.15) is 12.0 Å². The Morgan fingerprint density at radius 2 is 1.73 bits per heavy atom. The molecule has 0 heterocycles. The molecule has 0 atom stereocenters. The summed E-state index contributed by atoms with van der Waals surface area (Å²) in [5, 5.41) is 2.84. The van der Waals surface area contributed by atoms with Crippen LogP contribution in [-0.4, -0.2) is 40.3 Å². The summed E-state index contributed by atoms with van der Waals surface area (Å²) in [7, 11) is -2.43. The Balaban J connectivity index is 1.64. The zero-order chi connectivity index (χ0) is 23.7. The van der Waals surface area contributed by atoms with Gasteiger partial charge in [0.2, 0.25) is 5.91 Å². The topological polar surface area (TPSA) is 75.7 Å². The van der Waals surface area contributed by atoms with Crippen LogP contribution in [0.25, 0.3) is 0 Å². The molecule has 0 unspecified atom stereocenters. The van der Waals surface area contributed by atoms with Crippen LogP contribution in [0.2, 0.25) is 0 Å². The third-order valence-electron chi connectivity index (χ3n) is 4.89. The molecule has 0 aliphatic rings. The molecule has 3 aromatic rings. The van der Waals surface area contributed by atoms with Gasteiger partial charge in [-0.2, -0.15) is 0 Å². The van der Waals surface area contributed by atoms with Gasteiger partial charge in [0, 0.05) is 17.5 Å². The first kappa shape index (κ1) is 24.7. The van der Waals surface area contributed by atoms with E-state index in [1.165, 1.54) is 29.7 Å². The van der Waals surface area contributed by atoms with Crippen LogP contribution in [0.15, 0.2) is 88.7 Å². The zero-order valence-corrected chi connectivity index (χ0v) is 20.4. The lowest BCUT2D eigenvalue weighted by Crippen LogP contribution is -2.41. The van der Waals surface area contributed by atoms with Crippen LogP contribution in [-0.2, 0) is 14.8 Å². The molecule has 0 bridgehead atoms. The number of nitrogens with zero attached hydrogens (tertiary/aromatic N) is 1. The van der Waals surface area contributed by atoms with Gasteiger partial charge < -0.3 is 10.1 Å². The lowest BCUT2D eigenvalue weighted by Gasteiger charge is -2.24. The first-order chi connectivity index (χ1) is 15.9. The number of thioether (sulfide) groups is 1. The SMILES string of the molecule is COc1cccc(N(CC(=O)NCCCSc2ccc(C)cc2)S(=O)(=O)c2ccccc2)c1. The quantitative estimate of drug-likeness (QED) is 0.320. The van der Waals surface area contributed by atoms with Crippen molar-refractivity contribution in [3.05, 3.63) is 84.4 Å². The summed E-state index contributed by atoms with van der Waals surface area (Å²) in [6, 6.07) is 23.1. The first-order valence-corrected chi connectivity index (χ1v) is 13.0. The van der Waals surface area contributed by atoms with E-state index in [1.807, 2.05) is 0 Å². The lowest BCUT2D eigenvalue weighted by molar-refractivity contribution is -0.119. The van der Waals surface area contributed by atoms with E-state index in [0.717, 1.165) is 16.5 Å². The number of anilines is 1. The number of carbonyl (C=O) groups excluding carboxylic acids is 1. The summed E-state index contributed by atoms with van der Waals surface area (Å²) < 4.78 is 33.0. The summed E-state index contributed by atoms with van der Waals surface area (Å²) in [6.45, 7) is 2.20. The maximum Gasteiger partial charge on any atom is 0.264 e. The van der Waals surface area contributed by atoms with Gasteiger partial charge in [0.05, 0.1) is 17.7 Å². The molecule has 0 fully saturated rings. The van der Waals surface area contributed by atoms with Gasteiger partial charge in [-0.15, -0.1) is 11.8 Å². The molecule has 0 spiro atoms.